The van der Waals surface area contributed by atoms with Crippen LogP contribution in [-0.4, -0.2) is 42.2 Å². The van der Waals surface area contributed by atoms with Crippen molar-refractivity contribution in [1.29, 1.82) is 0 Å². The van der Waals surface area contributed by atoms with E-state index in [9.17, 15) is 18.0 Å². The number of carbonyl (C=O) groups excluding carboxylic acids is 2. The highest BCUT2D eigenvalue weighted by Crippen LogP contribution is 2.23. The minimum absolute atomic E-state index is 0.0767. The molecule has 0 saturated carbocycles. The molecule has 1 saturated heterocycles. The predicted molar refractivity (Wildman–Crippen MR) is 112 cm³/mol. The summed E-state index contributed by atoms with van der Waals surface area (Å²) in [6.45, 7) is 2.68. The van der Waals surface area contributed by atoms with E-state index in [0.29, 0.717) is 24.3 Å². The molecule has 0 spiro atoms. The lowest BCUT2D eigenvalue weighted by Crippen LogP contribution is -2.42. The van der Waals surface area contributed by atoms with E-state index >= 15 is 0 Å². The first-order valence-electron chi connectivity index (χ1n) is 9.23. The molecular weight excluding hydrogens is 460 g/mol. The van der Waals surface area contributed by atoms with Gasteiger partial charge in [0.15, 0.2) is 0 Å². The monoisotopic (exact) mass is 482 g/mol. The number of sulfonamides is 1. The molecule has 29 heavy (non-hydrogen) atoms. The third-order valence-electron chi connectivity index (χ3n) is 4.90. The molecule has 0 atom stereocenters. The second-order valence-corrected chi connectivity index (χ2v) is 9.86. The van der Waals surface area contributed by atoms with Crippen LogP contribution in [-0.2, 0) is 17.1 Å². The number of benzene rings is 1. The number of hydrogen-bond acceptors (Lipinski definition) is 4. The Bertz CT molecular complexity index is 1040. The van der Waals surface area contributed by atoms with Crippen LogP contribution in [0.15, 0.2) is 39.8 Å². The molecule has 2 amide bonds. The van der Waals surface area contributed by atoms with E-state index in [2.05, 4.69) is 26.8 Å². The number of nitrogens with one attached hydrogen (secondary N) is 2. The van der Waals surface area contributed by atoms with Crippen molar-refractivity contribution in [3.05, 3.63) is 51.8 Å². The minimum atomic E-state index is -3.65. The first kappa shape index (κ1) is 21.5. The number of amides is 2. The molecule has 0 radical (unpaired) electrons. The Balaban J connectivity index is 1.76. The molecule has 1 fully saturated rings. The molecule has 3 rings (SSSR count). The van der Waals surface area contributed by atoms with Crippen LogP contribution in [0, 0.1) is 6.92 Å². The standard InChI is InChI=1S/C19H23BrN4O4S/c1-13-6-7-15(29(27,28)24-8-4-3-5-9-24)11-16(13)18(25)21-22-19(26)17-10-14(20)12-23(17)2/h6-7,10-12H,3-5,8-9H2,1-2H3,(H,21,25)(H,22,26). The second kappa shape index (κ2) is 8.68. The van der Waals surface area contributed by atoms with Crippen LogP contribution in [0.3, 0.4) is 0 Å². The first-order valence-corrected chi connectivity index (χ1v) is 11.5. The van der Waals surface area contributed by atoms with Gasteiger partial charge in [0.05, 0.1) is 4.90 Å². The molecule has 1 aromatic heterocycles. The number of carbonyl (C=O) groups is 2. The predicted octanol–water partition coefficient (Wildman–Crippen LogP) is 2.35. The highest BCUT2D eigenvalue weighted by atomic mass is 79.9. The van der Waals surface area contributed by atoms with Crippen LogP contribution in [0.5, 0.6) is 0 Å². The van der Waals surface area contributed by atoms with Crippen LogP contribution in [0.25, 0.3) is 0 Å². The fourth-order valence-electron chi connectivity index (χ4n) is 3.26. The highest BCUT2D eigenvalue weighted by Gasteiger charge is 2.27. The van der Waals surface area contributed by atoms with Gasteiger partial charge < -0.3 is 4.57 Å². The van der Waals surface area contributed by atoms with E-state index in [1.807, 2.05) is 0 Å². The van der Waals surface area contributed by atoms with Crippen molar-refractivity contribution in [2.45, 2.75) is 31.1 Å². The molecule has 2 aromatic rings. The maximum absolute atomic E-state index is 12.9. The summed E-state index contributed by atoms with van der Waals surface area (Å²) in [5.41, 5.74) is 5.87. The molecule has 1 aromatic carbocycles. The first-order chi connectivity index (χ1) is 13.7. The van der Waals surface area contributed by atoms with Gasteiger partial charge in [0, 0.05) is 36.4 Å². The third kappa shape index (κ3) is 4.71. The van der Waals surface area contributed by atoms with Crippen LogP contribution in [0.4, 0.5) is 0 Å². The molecule has 1 aliphatic rings. The van der Waals surface area contributed by atoms with E-state index in [4.69, 9.17) is 0 Å². The normalized spacial score (nSPS) is 15.1. The Hall–Kier alpha value is -2.17. The quantitative estimate of drug-likeness (QED) is 0.652. The number of nitrogens with zero attached hydrogens (tertiary/aromatic N) is 2. The van der Waals surface area contributed by atoms with Gasteiger partial charge in [-0.3, -0.25) is 20.4 Å². The largest absolute Gasteiger partial charge is 0.345 e. The third-order valence-corrected chi connectivity index (χ3v) is 7.23. The Morgan fingerprint density at radius 1 is 1.03 bits per heavy atom. The Kier molecular flexibility index (Phi) is 6.45. The van der Waals surface area contributed by atoms with Gasteiger partial charge in [-0.05, 0) is 59.5 Å². The summed E-state index contributed by atoms with van der Waals surface area (Å²) in [7, 11) is -1.95. The lowest BCUT2D eigenvalue weighted by Gasteiger charge is -2.26. The number of aryl methyl sites for hydroxylation is 2. The molecule has 0 aliphatic carbocycles. The van der Waals surface area contributed by atoms with Crippen molar-refractivity contribution in [3.8, 4) is 0 Å². The van der Waals surface area contributed by atoms with Crippen LogP contribution in [0.2, 0.25) is 0 Å². The van der Waals surface area contributed by atoms with Gasteiger partial charge in [-0.15, -0.1) is 0 Å². The summed E-state index contributed by atoms with van der Waals surface area (Å²) < 4.78 is 29.6. The smallest absolute Gasteiger partial charge is 0.286 e. The highest BCUT2D eigenvalue weighted by molar-refractivity contribution is 9.10. The Labute approximate surface area is 178 Å². The zero-order valence-corrected chi connectivity index (χ0v) is 18.6. The zero-order chi connectivity index (χ0) is 21.2. The van der Waals surface area contributed by atoms with Crippen molar-refractivity contribution >= 4 is 37.8 Å². The molecule has 0 unspecified atom stereocenters. The molecule has 1 aliphatic heterocycles. The van der Waals surface area contributed by atoms with Gasteiger partial charge in [0.1, 0.15) is 5.69 Å². The summed E-state index contributed by atoms with van der Waals surface area (Å²) in [5.74, 6) is -1.07. The van der Waals surface area contributed by atoms with Crippen molar-refractivity contribution in [3.63, 3.8) is 0 Å². The molecule has 2 heterocycles. The van der Waals surface area contributed by atoms with Crippen LogP contribution >= 0.6 is 15.9 Å². The average Bonchev–Trinajstić information content (AvgIpc) is 3.04. The van der Waals surface area contributed by atoms with Crippen molar-refractivity contribution in [2.75, 3.05) is 13.1 Å². The van der Waals surface area contributed by atoms with Gasteiger partial charge in [-0.2, -0.15) is 4.31 Å². The van der Waals surface area contributed by atoms with E-state index < -0.39 is 21.8 Å². The molecule has 156 valence electrons. The van der Waals surface area contributed by atoms with Gasteiger partial charge in [-0.1, -0.05) is 12.5 Å². The summed E-state index contributed by atoms with van der Waals surface area (Å²) in [4.78, 5) is 24.9. The van der Waals surface area contributed by atoms with Gasteiger partial charge >= 0.3 is 0 Å². The summed E-state index contributed by atoms with van der Waals surface area (Å²) in [6, 6.07) is 6.09. The number of piperidine rings is 1. The fraction of sp³-hybridized carbons (Fsp3) is 0.368. The fourth-order valence-corrected chi connectivity index (χ4v) is 5.32. The number of hydrazine groups is 1. The van der Waals surface area contributed by atoms with Crippen molar-refractivity contribution in [2.24, 2.45) is 7.05 Å². The maximum Gasteiger partial charge on any atom is 0.286 e. The van der Waals surface area contributed by atoms with Crippen LogP contribution in [0.1, 0.15) is 45.7 Å². The minimum Gasteiger partial charge on any atom is -0.345 e. The Morgan fingerprint density at radius 3 is 2.31 bits per heavy atom. The molecular formula is C19H23BrN4O4S. The van der Waals surface area contributed by atoms with Gasteiger partial charge in [0.2, 0.25) is 10.0 Å². The van der Waals surface area contributed by atoms with Crippen molar-refractivity contribution < 1.29 is 18.0 Å². The van der Waals surface area contributed by atoms with E-state index in [0.717, 1.165) is 23.7 Å². The lowest BCUT2D eigenvalue weighted by molar-refractivity contribution is 0.0841. The topological polar surface area (TPSA) is 101 Å². The number of halogens is 1. The lowest BCUT2D eigenvalue weighted by atomic mass is 10.1. The summed E-state index contributed by atoms with van der Waals surface area (Å²) in [6.07, 6.45) is 4.40. The number of hydrogen-bond donors (Lipinski definition) is 2. The van der Waals surface area contributed by atoms with Gasteiger partial charge in [0.25, 0.3) is 11.8 Å². The number of aromatic nitrogens is 1. The van der Waals surface area contributed by atoms with Gasteiger partial charge in [-0.25, -0.2) is 8.42 Å². The average molecular weight is 483 g/mol. The molecule has 10 heteroatoms. The molecule has 2 N–H and O–H groups in total. The zero-order valence-electron chi connectivity index (χ0n) is 16.2. The van der Waals surface area contributed by atoms with E-state index in [1.54, 1.807) is 36.9 Å². The van der Waals surface area contributed by atoms with E-state index in [1.165, 1.54) is 16.4 Å². The van der Waals surface area contributed by atoms with Crippen LogP contribution < -0.4 is 10.9 Å². The maximum atomic E-state index is 12.9. The number of rotatable bonds is 4. The molecule has 0 bridgehead atoms. The summed E-state index contributed by atoms with van der Waals surface area (Å²) >= 11 is 3.29. The Morgan fingerprint density at radius 2 is 1.69 bits per heavy atom. The molecule has 8 nitrogen and oxygen atoms in total. The second-order valence-electron chi connectivity index (χ2n) is 7.00. The SMILES string of the molecule is Cc1ccc(S(=O)(=O)N2CCCCC2)cc1C(=O)NNC(=O)c1cc(Br)cn1C. The summed E-state index contributed by atoms with van der Waals surface area (Å²) in [5, 5.41) is 0. The van der Waals surface area contributed by atoms with Crippen molar-refractivity contribution in [1.82, 2.24) is 19.7 Å². The van der Waals surface area contributed by atoms with E-state index in [-0.39, 0.29) is 10.5 Å².